The molecule has 1 aromatic carbocycles. The fraction of sp³-hybridized carbons (Fsp3) is 0.571. The zero-order valence-corrected chi connectivity index (χ0v) is 9.71. The van der Waals surface area contributed by atoms with Gasteiger partial charge < -0.3 is 4.74 Å². The largest absolute Gasteiger partial charge is 0.364 e. The van der Waals surface area contributed by atoms with Crippen LogP contribution in [-0.2, 0) is 10.3 Å². The molecule has 4 rings (SSSR count). The van der Waals surface area contributed by atoms with E-state index in [2.05, 4.69) is 45.0 Å². The molecule has 1 aliphatic carbocycles. The van der Waals surface area contributed by atoms with Crippen LogP contribution < -0.4 is 0 Å². The van der Waals surface area contributed by atoms with Crippen LogP contribution in [0.3, 0.4) is 0 Å². The van der Waals surface area contributed by atoms with Crippen molar-refractivity contribution in [2.24, 2.45) is 0 Å². The van der Waals surface area contributed by atoms with Crippen molar-refractivity contribution in [2.75, 3.05) is 0 Å². The quantitative estimate of drug-likeness (QED) is 0.624. The predicted octanol–water partition coefficient (Wildman–Crippen LogP) is 3.59. The molecule has 2 atom stereocenters. The highest BCUT2D eigenvalue weighted by atomic mass is 16.5. The first kappa shape index (κ1) is 9.41. The molecule has 1 nitrogen and oxygen atoms in total. The molecule has 80 valence electrons. The Labute approximate surface area is 91.5 Å². The third-order valence-corrected chi connectivity index (χ3v) is 4.14. The number of benzene rings is 1. The molecule has 1 heteroatoms. The van der Waals surface area contributed by atoms with E-state index < -0.39 is 0 Å². The lowest BCUT2D eigenvalue weighted by Gasteiger charge is -2.54. The molecule has 0 spiro atoms. The van der Waals surface area contributed by atoms with Gasteiger partial charge in [0.2, 0.25) is 0 Å². The summed E-state index contributed by atoms with van der Waals surface area (Å²) in [6.45, 7) is 6.69. The van der Waals surface area contributed by atoms with Gasteiger partial charge in [-0.15, -0.1) is 0 Å². The first-order chi connectivity index (χ1) is 7.03. The molecule has 1 fully saturated rings. The zero-order chi connectivity index (χ0) is 10.7. The van der Waals surface area contributed by atoms with Crippen molar-refractivity contribution in [2.45, 2.75) is 50.7 Å². The maximum Gasteiger partial charge on any atom is 0.0913 e. The standard InChI is InChI=1S/C14H18O/c1-13(2)11-8-9-14(3,15-13)12-7-5-4-6-10(11)12/h4-7,11H,8-9H2,1-3H3/t11-,14?/m0/s1. The second-order valence-corrected chi connectivity index (χ2v) is 5.61. The molecule has 0 amide bonds. The van der Waals surface area contributed by atoms with E-state index in [1.54, 1.807) is 0 Å². The van der Waals surface area contributed by atoms with Gasteiger partial charge in [0.05, 0.1) is 11.2 Å². The highest BCUT2D eigenvalue weighted by Crippen LogP contribution is 2.55. The third kappa shape index (κ3) is 1.13. The summed E-state index contributed by atoms with van der Waals surface area (Å²) in [6.07, 6.45) is 2.43. The summed E-state index contributed by atoms with van der Waals surface area (Å²) >= 11 is 0. The Balaban J connectivity index is 2.24. The smallest absolute Gasteiger partial charge is 0.0913 e. The van der Waals surface area contributed by atoms with E-state index in [0.717, 1.165) is 6.42 Å². The molecular formula is C14H18O. The van der Waals surface area contributed by atoms with Gasteiger partial charge in [-0.1, -0.05) is 24.3 Å². The monoisotopic (exact) mass is 202 g/mol. The van der Waals surface area contributed by atoms with Crippen molar-refractivity contribution < 1.29 is 4.74 Å². The van der Waals surface area contributed by atoms with Gasteiger partial charge in [-0.2, -0.15) is 0 Å². The maximum absolute atomic E-state index is 6.29. The summed E-state index contributed by atoms with van der Waals surface area (Å²) in [7, 11) is 0. The van der Waals surface area contributed by atoms with Gasteiger partial charge in [-0.05, 0) is 44.7 Å². The van der Waals surface area contributed by atoms with E-state index >= 15 is 0 Å². The molecule has 1 saturated heterocycles. The lowest BCUT2D eigenvalue weighted by molar-refractivity contribution is -0.195. The fourth-order valence-electron chi connectivity index (χ4n) is 3.47. The van der Waals surface area contributed by atoms with E-state index in [4.69, 9.17) is 4.74 Å². The van der Waals surface area contributed by atoms with Crippen molar-refractivity contribution >= 4 is 0 Å². The van der Waals surface area contributed by atoms with Crippen molar-refractivity contribution in [3.63, 3.8) is 0 Å². The van der Waals surface area contributed by atoms with E-state index in [9.17, 15) is 0 Å². The lowest BCUT2D eigenvalue weighted by atomic mass is 9.65. The second kappa shape index (κ2) is 2.65. The van der Waals surface area contributed by atoms with Crippen LogP contribution in [0.2, 0.25) is 0 Å². The summed E-state index contributed by atoms with van der Waals surface area (Å²) < 4.78 is 6.29. The first-order valence-electron chi connectivity index (χ1n) is 5.82. The molecule has 2 bridgehead atoms. The minimum absolute atomic E-state index is 0.00134. The van der Waals surface area contributed by atoms with Crippen LogP contribution in [0.15, 0.2) is 24.3 Å². The van der Waals surface area contributed by atoms with Crippen LogP contribution in [0, 0.1) is 0 Å². The maximum atomic E-state index is 6.29. The van der Waals surface area contributed by atoms with Gasteiger partial charge in [-0.25, -0.2) is 0 Å². The van der Waals surface area contributed by atoms with Crippen LogP contribution in [0.5, 0.6) is 0 Å². The van der Waals surface area contributed by atoms with E-state index in [-0.39, 0.29) is 11.2 Å². The van der Waals surface area contributed by atoms with Crippen LogP contribution in [0.1, 0.15) is 50.7 Å². The van der Waals surface area contributed by atoms with Gasteiger partial charge in [0.25, 0.3) is 0 Å². The molecule has 15 heavy (non-hydrogen) atoms. The average Bonchev–Trinajstić information content (AvgIpc) is 2.16. The number of hydrogen-bond donors (Lipinski definition) is 0. The Bertz CT molecular complexity index is 408. The van der Waals surface area contributed by atoms with Crippen LogP contribution >= 0.6 is 0 Å². The molecule has 0 saturated carbocycles. The Morgan fingerprint density at radius 1 is 1.20 bits per heavy atom. The minimum Gasteiger partial charge on any atom is -0.364 e. The normalized spacial score (nSPS) is 36.3. The number of fused-ring (bicyclic) bond motifs is 2. The predicted molar refractivity (Wildman–Crippen MR) is 60.9 cm³/mol. The summed E-state index contributed by atoms with van der Waals surface area (Å²) in [6, 6.07) is 8.79. The van der Waals surface area contributed by atoms with Crippen LogP contribution in [0.4, 0.5) is 0 Å². The second-order valence-electron chi connectivity index (χ2n) is 5.61. The van der Waals surface area contributed by atoms with Gasteiger partial charge in [0, 0.05) is 5.92 Å². The van der Waals surface area contributed by atoms with E-state index in [1.807, 2.05) is 0 Å². The van der Waals surface area contributed by atoms with Crippen LogP contribution in [0.25, 0.3) is 0 Å². The number of hydrogen-bond acceptors (Lipinski definition) is 1. The SMILES string of the molecule is CC12CC[C@@H](c3ccccc31)C(C)(C)O2. The molecule has 2 aliphatic heterocycles. The van der Waals surface area contributed by atoms with Crippen molar-refractivity contribution in [3.8, 4) is 0 Å². The summed E-state index contributed by atoms with van der Waals surface area (Å²) in [5, 5.41) is 0. The number of ether oxygens (including phenoxy) is 1. The molecule has 0 N–H and O–H groups in total. The van der Waals surface area contributed by atoms with Gasteiger partial charge in [0.15, 0.2) is 0 Å². The Kier molecular flexibility index (Phi) is 1.66. The zero-order valence-electron chi connectivity index (χ0n) is 9.71. The minimum atomic E-state index is -0.0468. The highest BCUT2D eigenvalue weighted by molar-refractivity contribution is 5.41. The Hall–Kier alpha value is -0.820. The van der Waals surface area contributed by atoms with Crippen molar-refractivity contribution in [1.29, 1.82) is 0 Å². The molecule has 1 unspecified atom stereocenters. The van der Waals surface area contributed by atoms with Gasteiger partial charge in [0.1, 0.15) is 0 Å². The Morgan fingerprint density at radius 3 is 2.67 bits per heavy atom. The Morgan fingerprint density at radius 2 is 1.93 bits per heavy atom. The molecule has 3 aliphatic rings. The molecule has 2 heterocycles. The van der Waals surface area contributed by atoms with Gasteiger partial charge >= 0.3 is 0 Å². The van der Waals surface area contributed by atoms with Crippen LogP contribution in [-0.4, -0.2) is 5.60 Å². The van der Waals surface area contributed by atoms with E-state index in [0.29, 0.717) is 5.92 Å². The topological polar surface area (TPSA) is 9.23 Å². The summed E-state index contributed by atoms with van der Waals surface area (Å²) in [5.74, 6) is 0.579. The lowest BCUT2D eigenvalue weighted by Crippen LogP contribution is -2.51. The molecule has 1 aromatic rings. The fourth-order valence-corrected chi connectivity index (χ4v) is 3.47. The highest BCUT2D eigenvalue weighted by Gasteiger charge is 2.51. The third-order valence-electron chi connectivity index (χ3n) is 4.14. The molecular weight excluding hydrogens is 184 g/mol. The molecule has 0 aromatic heterocycles. The average molecular weight is 202 g/mol. The first-order valence-corrected chi connectivity index (χ1v) is 5.82. The van der Waals surface area contributed by atoms with Crippen molar-refractivity contribution in [3.05, 3.63) is 35.4 Å². The summed E-state index contributed by atoms with van der Waals surface area (Å²) in [4.78, 5) is 0. The van der Waals surface area contributed by atoms with Gasteiger partial charge in [-0.3, -0.25) is 0 Å². The summed E-state index contributed by atoms with van der Waals surface area (Å²) in [5.41, 5.74) is 2.89. The van der Waals surface area contributed by atoms with E-state index in [1.165, 1.54) is 17.5 Å². The number of rotatable bonds is 0. The molecule has 0 radical (unpaired) electrons. The van der Waals surface area contributed by atoms with Crippen molar-refractivity contribution in [1.82, 2.24) is 0 Å².